The van der Waals surface area contributed by atoms with E-state index in [9.17, 15) is 4.79 Å². The highest BCUT2D eigenvalue weighted by Gasteiger charge is 2.18. The van der Waals surface area contributed by atoms with Gasteiger partial charge < -0.3 is 5.32 Å². The van der Waals surface area contributed by atoms with Crippen LogP contribution in [0.3, 0.4) is 0 Å². The number of anilines is 1. The number of pyridine rings is 1. The number of hydrogen-bond donors (Lipinski definition) is 1. The first-order valence-electron chi connectivity index (χ1n) is 9.88. The van der Waals surface area contributed by atoms with Crippen LogP contribution in [-0.2, 0) is 4.79 Å². The molecule has 0 saturated heterocycles. The van der Waals surface area contributed by atoms with E-state index in [4.69, 9.17) is 16.6 Å². The smallest absolute Gasteiger partial charge is 0.239 e. The van der Waals surface area contributed by atoms with E-state index in [0.717, 1.165) is 32.7 Å². The first-order valence-corrected chi connectivity index (χ1v) is 12.0. The molecule has 0 aliphatic rings. The lowest BCUT2D eigenvalue weighted by Crippen LogP contribution is -2.22. The molecule has 2 aromatic carbocycles. The molecule has 0 aliphatic carbocycles. The van der Waals surface area contributed by atoms with Crippen LogP contribution in [-0.4, -0.2) is 21.1 Å². The number of thiazole rings is 1. The molecule has 1 atom stereocenters. The number of fused-ring (bicyclic) bond motifs is 1. The molecule has 2 aromatic heterocycles. The zero-order valence-corrected chi connectivity index (χ0v) is 20.1. The Bertz CT molecular complexity index is 1270. The summed E-state index contributed by atoms with van der Waals surface area (Å²) in [7, 11) is 0. The highest BCUT2D eigenvalue weighted by atomic mass is 35.5. The van der Waals surface area contributed by atoms with Crippen molar-refractivity contribution in [2.75, 3.05) is 5.32 Å². The SMILES string of the molecule is Cc1cc(C)c2nc(SC(C)C(=O)Nc3nc(-c4ccc(Cl)cc4)cs3)cc(C)c2c1. The van der Waals surface area contributed by atoms with Crippen molar-refractivity contribution >= 4 is 56.6 Å². The molecule has 0 aliphatic heterocycles. The number of carbonyl (C=O) groups excluding carboxylic acids is 1. The van der Waals surface area contributed by atoms with Crippen molar-refractivity contribution < 1.29 is 4.79 Å². The molecular weight excluding hydrogens is 446 g/mol. The van der Waals surface area contributed by atoms with E-state index in [1.54, 1.807) is 0 Å². The summed E-state index contributed by atoms with van der Waals surface area (Å²) in [5, 5.41) is 7.82. The first-order chi connectivity index (χ1) is 14.8. The lowest BCUT2D eigenvalue weighted by molar-refractivity contribution is -0.115. The molecule has 4 aromatic rings. The lowest BCUT2D eigenvalue weighted by Gasteiger charge is -2.13. The van der Waals surface area contributed by atoms with Crippen LogP contribution in [0.4, 0.5) is 5.13 Å². The number of nitrogens with one attached hydrogen (secondary N) is 1. The topological polar surface area (TPSA) is 54.9 Å². The number of hydrogen-bond acceptors (Lipinski definition) is 5. The average molecular weight is 468 g/mol. The minimum Gasteiger partial charge on any atom is -0.301 e. The molecule has 4 rings (SSSR count). The van der Waals surface area contributed by atoms with Gasteiger partial charge in [0.1, 0.15) is 0 Å². The van der Waals surface area contributed by atoms with Crippen molar-refractivity contribution in [2.45, 2.75) is 38.0 Å². The predicted molar refractivity (Wildman–Crippen MR) is 132 cm³/mol. The van der Waals surface area contributed by atoms with E-state index in [1.165, 1.54) is 34.2 Å². The average Bonchev–Trinajstić information content (AvgIpc) is 3.18. The number of aromatic nitrogens is 2. The van der Waals surface area contributed by atoms with E-state index in [2.05, 4.69) is 49.3 Å². The van der Waals surface area contributed by atoms with Gasteiger partial charge in [0.05, 0.1) is 21.5 Å². The molecule has 2 heterocycles. The van der Waals surface area contributed by atoms with Gasteiger partial charge in [-0.15, -0.1) is 11.3 Å². The van der Waals surface area contributed by atoms with Gasteiger partial charge in [-0.3, -0.25) is 4.79 Å². The number of thioether (sulfide) groups is 1. The van der Waals surface area contributed by atoms with E-state index < -0.39 is 0 Å². The van der Waals surface area contributed by atoms with Gasteiger partial charge in [0, 0.05) is 21.4 Å². The number of nitrogens with zero attached hydrogens (tertiary/aromatic N) is 2. The summed E-state index contributed by atoms with van der Waals surface area (Å²) in [6.07, 6.45) is 0. The summed E-state index contributed by atoms with van der Waals surface area (Å²) in [6.45, 7) is 8.15. The van der Waals surface area contributed by atoms with Gasteiger partial charge in [0.25, 0.3) is 0 Å². The molecule has 158 valence electrons. The Balaban J connectivity index is 1.47. The van der Waals surface area contributed by atoms with Gasteiger partial charge >= 0.3 is 0 Å². The molecule has 1 unspecified atom stereocenters. The van der Waals surface area contributed by atoms with Gasteiger partial charge in [0.2, 0.25) is 5.91 Å². The summed E-state index contributed by atoms with van der Waals surface area (Å²) < 4.78 is 0. The van der Waals surface area contributed by atoms with Crippen LogP contribution in [0.1, 0.15) is 23.6 Å². The van der Waals surface area contributed by atoms with E-state index >= 15 is 0 Å². The number of halogens is 1. The Labute approximate surface area is 195 Å². The minimum atomic E-state index is -0.307. The molecule has 0 fully saturated rings. The molecule has 0 saturated carbocycles. The fourth-order valence-electron chi connectivity index (χ4n) is 3.40. The van der Waals surface area contributed by atoms with Crippen LogP contribution < -0.4 is 5.32 Å². The molecular formula is C24H22ClN3OS2. The monoisotopic (exact) mass is 467 g/mol. The number of aryl methyl sites for hydroxylation is 3. The molecule has 7 heteroatoms. The fraction of sp³-hybridized carbons (Fsp3) is 0.208. The summed E-state index contributed by atoms with van der Waals surface area (Å²) in [5.41, 5.74) is 6.31. The Morgan fingerprint density at radius 2 is 1.81 bits per heavy atom. The molecule has 1 amide bonds. The molecule has 0 bridgehead atoms. The van der Waals surface area contributed by atoms with Gasteiger partial charge in [0.15, 0.2) is 5.13 Å². The van der Waals surface area contributed by atoms with Gasteiger partial charge in [-0.2, -0.15) is 0 Å². The Hall–Kier alpha value is -2.41. The van der Waals surface area contributed by atoms with Crippen LogP contribution in [0.5, 0.6) is 0 Å². The zero-order chi connectivity index (χ0) is 22.1. The first kappa shape index (κ1) is 21.8. The van der Waals surface area contributed by atoms with Crippen LogP contribution >= 0.6 is 34.7 Å². The zero-order valence-electron chi connectivity index (χ0n) is 17.7. The summed E-state index contributed by atoms with van der Waals surface area (Å²) in [5.74, 6) is -0.0952. The van der Waals surface area contributed by atoms with Crippen molar-refractivity contribution in [3.63, 3.8) is 0 Å². The van der Waals surface area contributed by atoms with Crippen LogP contribution in [0, 0.1) is 20.8 Å². The number of benzene rings is 2. The van der Waals surface area contributed by atoms with E-state index in [-0.39, 0.29) is 11.2 Å². The number of amides is 1. The van der Waals surface area contributed by atoms with Gasteiger partial charge in [-0.1, -0.05) is 47.1 Å². The maximum absolute atomic E-state index is 12.8. The van der Waals surface area contributed by atoms with Crippen molar-refractivity contribution in [1.82, 2.24) is 9.97 Å². The second-order valence-corrected chi connectivity index (χ2v) is 10.2. The van der Waals surface area contributed by atoms with Crippen molar-refractivity contribution in [3.8, 4) is 11.3 Å². The third-order valence-corrected chi connectivity index (χ3v) is 7.00. The highest BCUT2D eigenvalue weighted by Crippen LogP contribution is 2.30. The maximum atomic E-state index is 12.8. The van der Waals surface area contributed by atoms with Crippen molar-refractivity contribution in [1.29, 1.82) is 0 Å². The van der Waals surface area contributed by atoms with Crippen molar-refractivity contribution in [3.05, 3.63) is 69.6 Å². The molecule has 1 N–H and O–H groups in total. The predicted octanol–water partition coefficient (Wildman–Crippen LogP) is 7.06. The van der Waals surface area contributed by atoms with E-state index in [0.29, 0.717) is 10.2 Å². The molecule has 0 radical (unpaired) electrons. The standard InChI is InChI=1S/C24H22ClN3OS2/c1-13-9-15(3)22-19(10-13)14(2)11-21(27-22)31-16(4)23(29)28-24-26-20(12-30-24)17-5-7-18(25)8-6-17/h5-12,16H,1-4H3,(H,26,28,29). The summed E-state index contributed by atoms with van der Waals surface area (Å²) in [4.78, 5) is 22.1. The highest BCUT2D eigenvalue weighted by molar-refractivity contribution is 8.00. The third kappa shape index (κ3) is 4.92. The molecule has 4 nitrogen and oxygen atoms in total. The fourth-order valence-corrected chi connectivity index (χ4v) is 5.17. The molecule has 0 spiro atoms. The summed E-state index contributed by atoms with van der Waals surface area (Å²) >= 11 is 8.81. The second kappa shape index (κ2) is 8.99. The normalized spacial score (nSPS) is 12.2. The minimum absolute atomic E-state index is 0.0952. The van der Waals surface area contributed by atoms with Crippen LogP contribution in [0.2, 0.25) is 5.02 Å². The number of rotatable bonds is 5. The third-order valence-electron chi connectivity index (χ3n) is 4.97. The Morgan fingerprint density at radius 1 is 1.06 bits per heavy atom. The quantitative estimate of drug-likeness (QED) is 0.319. The largest absolute Gasteiger partial charge is 0.301 e. The van der Waals surface area contributed by atoms with Crippen molar-refractivity contribution in [2.24, 2.45) is 0 Å². The van der Waals surface area contributed by atoms with Crippen LogP contribution in [0.15, 0.2) is 52.9 Å². The van der Waals surface area contributed by atoms with E-state index in [1.807, 2.05) is 36.6 Å². The van der Waals surface area contributed by atoms with Gasteiger partial charge in [-0.25, -0.2) is 9.97 Å². The Kier molecular flexibility index (Phi) is 6.32. The number of carbonyl (C=O) groups is 1. The van der Waals surface area contributed by atoms with Crippen LogP contribution in [0.25, 0.3) is 22.2 Å². The lowest BCUT2D eigenvalue weighted by atomic mass is 10.0. The maximum Gasteiger partial charge on any atom is 0.239 e. The molecule has 31 heavy (non-hydrogen) atoms. The van der Waals surface area contributed by atoms with Gasteiger partial charge in [-0.05, 0) is 63.1 Å². The Morgan fingerprint density at radius 3 is 2.55 bits per heavy atom. The second-order valence-electron chi connectivity index (χ2n) is 7.55. The summed E-state index contributed by atoms with van der Waals surface area (Å²) in [6, 6.07) is 13.8.